The highest BCUT2D eigenvalue weighted by molar-refractivity contribution is 9.10. The molecule has 3 rings (SSSR count). The molecule has 0 amide bonds. The van der Waals surface area contributed by atoms with E-state index in [-0.39, 0.29) is 0 Å². The zero-order valence-electron chi connectivity index (χ0n) is 10.4. The Hall–Kier alpha value is -1.90. The summed E-state index contributed by atoms with van der Waals surface area (Å²) in [5, 5.41) is 15.4. The van der Waals surface area contributed by atoms with Crippen LogP contribution in [-0.4, -0.2) is 4.98 Å². The maximum absolute atomic E-state index is 9.24. The Kier molecular flexibility index (Phi) is 3.68. The highest BCUT2D eigenvalue weighted by Gasteiger charge is 2.05. The molecule has 3 nitrogen and oxygen atoms in total. The van der Waals surface area contributed by atoms with Crippen LogP contribution in [0.25, 0.3) is 10.9 Å². The number of hydrogen-bond acceptors (Lipinski definition) is 4. The lowest BCUT2D eigenvalue weighted by atomic mass is 10.1. The average Bonchev–Trinajstić information content (AvgIpc) is 2.90. The molecule has 0 bridgehead atoms. The number of benzene rings is 1. The molecule has 5 heteroatoms. The molecule has 0 aliphatic heterocycles. The molecule has 0 saturated heterocycles. The fourth-order valence-corrected chi connectivity index (χ4v) is 3.37. The van der Waals surface area contributed by atoms with Gasteiger partial charge in [-0.25, -0.2) is 4.98 Å². The van der Waals surface area contributed by atoms with Crippen LogP contribution in [0.1, 0.15) is 10.4 Å². The van der Waals surface area contributed by atoms with Gasteiger partial charge in [0.25, 0.3) is 0 Å². The molecule has 2 aromatic heterocycles. The summed E-state index contributed by atoms with van der Waals surface area (Å²) in [5.74, 6) is 0.727. The summed E-state index contributed by atoms with van der Waals surface area (Å²) in [6.45, 7) is 0.701. The highest BCUT2D eigenvalue weighted by atomic mass is 79.9. The fraction of sp³-hybridized carbons (Fsp3) is 0.0667. The van der Waals surface area contributed by atoms with E-state index in [9.17, 15) is 5.26 Å². The molecule has 20 heavy (non-hydrogen) atoms. The first-order valence-corrected chi connectivity index (χ1v) is 7.70. The molecule has 0 radical (unpaired) electrons. The summed E-state index contributed by atoms with van der Waals surface area (Å²) < 4.78 is 1.09. The standard InChI is InChI=1S/C15H10BrN3S/c16-11-6-12(20-9-11)8-18-15-5-10(7-17)13-3-1-2-4-14(13)19-15/h1-6,9H,8H2,(H,18,19). The Balaban J connectivity index is 1.90. The van der Waals surface area contributed by atoms with Crippen LogP contribution in [0.5, 0.6) is 0 Å². The molecule has 0 fully saturated rings. The van der Waals surface area contributed by atoms with Crippen LogP contribution >= 0.6 is 27.3 Å². The molecular formula is C15H10BrN3S. The molecule has 0 saturated carbocycles. The van der Waals surface area contributed by atoms with Crippen LogP contribution < -0.4 is 5.32 Å². The molecule has 0 spiro atoms. The Bertz CT molecular complexity index is 804. The summed E-state index contributed by atoms with van der Waals surface area (Å²) in [5.41, 5.74) is 1.48. The first kappa shape index (κ1) is 13.1. The van der Waals surface area contributed by atoms with E-state index in [2.05, 4.69) is 38.4 Å². The summed E-state index contributed by atoms with van der Waals surface area (Å²) >= 11 is 5.12. The third-order valence-electron chi connectivity index (χ3n) is 2.90. The number of anilines is 1. The number of nitriles is 1. The average molecular weight is 344 g/mol. The van der Waals surface area contributed by atoms with E-state index in [0.29, 0.717) is 12.1 Å². The normalized spacial score (nSPS) is 10.4. The van der Waals surface area contributed by atoms with Gasteiger partial charge in [-0.2, -0.15) is 5.26 Å². The van der Waals surface area contributed by atoms with E-state index < -0.39 is 0 Å². The van der Waals surface area contributed by atoms with Crippen molar-refractivity contribution in [3.8, 4) is 6.07 Å². The maximum Gasteiger partial charge on any atom is 0.128 e. The van der Waals surface area contributed by atoms with Crippen molar-refractivity contribution in [2.45, 2.75) is 6.54 Å². The zero-order chi connectivity index (χ0) is 13.9. The third-order valence-corrected chi connectivity index (χ3v) is 4.60. The lowest BCUT2D eigenvalue weighted by Gasteiger charge is -2.07. The number of nitrogens with one attached hydrogen (secondary N) is 1. The minimum atomic E-state index is 0.644. The molecular weight excluding hydrogens is 334 g/mol. The summed E-state index contributed by atoms with van der Waals surface area (Å²) in [6, 6.07) is 13.8. The minimum absolute atomic E-state index is 0.644. The first-order chi connectivity index (χ1) is 9.76. The second-order valence-corrected chi connectivity index (χ2v) is 6.18. The Labute approximate surface area is 129 Å². The van der Waals surface area contributed by atoms with E-state index in [0.717, 1.165) is 21.2 Å². The zero-order valence-corrected chi connectivity index (χ0v) is 12.8. The predicted molar refractivity (Wildman–Crippen MR) is 85.8 cm³/mol. The van der Waals surface area contributed by atoms with Crippen molar-refractivity contribution in [1.82, 2.24) is 4.98 Å². The van der Waals surface area contributed by atoms with Crippen molar-refractivity contribution in [3.63, 3.8) is 0 Å². The monoisotopic (exact) mass is 343 g/mol. The number of rotatable bonds is 3. The molecule has 3 aromatic rings. The maximum atomic E-state index is 9.24. The van der Waals surface area contributed by atoms with Gasteiger partial charge < -0.3 is 5.32 Å². The van der Waals surface area contributed by atoms with Crippen molar-refractivity contribution < 1.29 is 0 Å². The predicted octanol–water partition coefficient (Wildman–Crippen LogP) is 4.54. The molecule has 0 aliphatic carbocycles. The van der Waals surface area contributed by atoms with Gasteiger partial charge in [-0.1, -0.05) is 18.2 Å². The van der Waals surface area contributed by atoms with Gasteiger partial charge in [0, 0.05) is 20.1 Å². The lowest BCUT2D eigenvalue weighted by molar-refractivity contribution is 1.15. The van der Waals surface area contributed by atoms with Gasteiger partial charge in [-0.3, -0.25) is 0 Å². The number of para-hydroxylation sites is 1. The van der Waals surface area contributed by atoms with Crippen LogP contribution in [-0.2, 0) is 6.54 Å². The van der Waals surface area contributed by atoms with Gasteiger partial charge in [-0.05, 0) is 34.1 Å². The van der Waals surface area contributed by atoms with Crippen LogP contribution in [0.4, 0.5) is 5.82 Å². The van der Waals surface area contributed by atoms with E-state index in [1.807, 2.05) is 29.6 Å². The van der Waals surface area contributed by atoms with Crippen LogP contribution in [0.3, 0.4) is 0 Å². The Morgan fingerprint density at radius 1 is 1.30 bits per heavy atom. The lowest BCUT2D eigenvalue weighted by Crippen LogP contribution is -2.00. The van der Waals surface area contributed by atoms with Crippen molar-refractivity contribution in [2.75, 3.05) is 5.32 Å². The van der Waals surface area contributed by atoms with Crippen molar-refractivity contribution >= 4 is 44.0 Å². The summed E-state index contributed by atoms with van der Waals surface area (Å²) in [6.07, 6.45) is 0. The van der Waals surface area contributed by atoms with E-state index in [4.69, 9.17) is 0 Å². The number of aromatic nitrogens is 1. The molecule has 1 N–H and O–H groups in total. The first-order valence-electron chi connectivity index (χ1n) is 6.03. The Morgan fingerprint density at radius 3 is 2.90 bits per heavy atom. The number of hydrogen-bond donors (Lipinski definition) is 1. The van der Waals surface area contributed by atoms with Crippen LogP contribution in [0.2, 0.25) is 0 Å². The number of thiophene rings is 1. The molecule has 0 unspecified atom stereocenters. The van der Waals surface area contributed by atoms with Crippen molar-refractivity contribution in [1.29, 1.82) is 5.26 Å². The van der Waals surface area contributed by atoms with Gasteiger partial charge in [0.15, 0.2) is 0 Å². The second-order valence-electron chi connectivity index (χ2n) is 4.27. The topological polar surface area (TPSA) is 48.7 Å². The quantitative estimate of drug-likeness (QED) is 0.759. The number of pyridine rings is 1. The summed E-state index contributed by atoms with van der Waals surface area (Å²) in [7, 11) is 0. The smallest absolute Gasteiger partial charge is 0.128 e. The molecule has 0 atom stereocenters. The van der Waals surface area contributed by atoms with Gasteiger partial charge >= 0.3 is 0 Å². The van der Waals surface area contributed by atoms with E-state index >= 15 is 0 Å². The molecule has 98 valence electrons. The van der Waals surface area contributed by atoms with Gasteiger partial charge in [-0.15, -0.1) is 11.3 Å². The van der Waals surface area contributed by atoms with Crippen LogP contribution in [0.15, 0.2) is 46.3 Å². The molecule has 2 heterocycles. The second kappa shape index (κ2) is 5.61. The van der Waals surface area contributed by atoms with Crippen molar-refractivity contribution in [2.24, 2.45) is 0 Å². The van der Waals surface area contributed by atoms with Crippen molar-refractivity contribution in [3.05, 3.63) is 56.7 Å². The SMILES string of the molecule is N#Cc1cc(NCc2cc(Br)cs2)nc2ccccc12. The van der Waals surface area contributed by atoms with E-state index in [1.54, 1.807) is 17.4 Å². The van der Waals surface area contributed by atoms with Crippen LogP contribution in [0, 0.1) is 11.3 Å². The van der Waals surface area contributed by atoms with Gasteiger partial charge in [0.2, 0.25) is 0 Å². The van der Waals surface area contributed by atoms with E-state index in [1.165, 1.54) is 4.88 Å². The molecule has 1 aromatic carbocycles. The largest absolute Gasteiger partial charge is 0.365 e. The fourth-order valence-electron chi connectivity index (χ4n) is 1.98. The Morgan fingerprint density at radius 2 is 2.15 bits per heavy atom. The number of halogens is 1. The highest BCUT2D eigenvalue weighted by Crippen LogP contribution is 2.23. The van der Waals surface area contributed by atoms with Gasteiger partial charge in [0.1, 0.15) is 5.82 Å². The minimum Gasteiger partial charge on any atom is -0.365 e. The third kappa shape index (κ3) is 2.67. The molecule has 0 aliphatic rings. The van der Waals surface area contributed by atoms with Gasteiger partial charge in [0.05, 0.1) is 23.7 Å². The summed E-state index contributed by atoms with van der Waals surface area (Å²) in [4.78, 5) is 5.75. The number of fused-ring (bicyclic) bond motifs is 1. The number of nitrogens with zero attached hydrogens (tertiary/aromatic N) is 2.